The van der Waals surface area contributed by atoms with Crippen molar-refractivity contribution in [3.8, 4) is 0 Å². The lowest BCUT2D eigenvalue weighted by Crippen LogP contribution is -2.48. The van der Waals surface area contributed by atoms with Crippen LogP contribution >= 0.6 is 24.0 Å². The average Bonchev–Trinajstić information content (AvgIpc) is 2.83. The maximum absolute atomic E-state index is 5.56. The van der Waals surface area contributed by atoms with E-state index in [1.165, 1.54) is 44.5 Å². The maximum Gasteiger partial charge on any atom is 0.191 e. The minimum absolute atomic E-state index is 0. The van der Waals surface area contributed by atoms with Gasteiger partial charge in [-0.1, -0.05) is 6.92 Å². The number of guanidine groups is 1. The molecule has 0 atom stereocenters. The summed E-state index contributed by atoms with van der Waals surface area (Å²) in [6.45, 7) is 10.6. The molecule has 2 N–H and O–H groups in total. The molecule has 132 valence electrons. The van der Waals surface area contributed by atoms with Gasteiger partial charge in [-0.05, 0) is 45.7 Å². The van der Waals surface area contributed by atoms with Gasteiger partial charge in [-0.15, -0.1) is 24.0 Å². The van der Waals surface area contributed by atoms with Gasteiger partial charge in [0.15, 0.2) is 5.96 Å². The summed E-state index contributed by atoms with van der Waals surface area (Å²) in [6, 6.07) is 2.60. The number of piperidine rings is 1. The predicted octanol–water partition coefficient (Wildman–Crippen LogP) is 3.05. The van der Waals surface area contributed by atoms with Crippen LogP contribution in [0.25, 0.3) is 0 Å². The van der Waals surface area contributed by atoms with Crippen LogP contribution < -0.4 is 10.6 Å². The molecule has 0 bridgehead atoms. The van der Waals surface area contributed by atoms with Crippen molar-refractivity contribution in [3.05, 3.63) is 23.2 Å². The van der Waals surface area contributed by atoms with Gasteiger partial charge in [0.2, 0.25) is 0 Å². The standard InChI is InChI=1S/C17H30N4O.HI/c1-5-8-21-9-6-16(7-10-21)20-17(18-4)19-12-15-11-13(2)22-14(15)3;/h11,16H,5-10,12H2,1-4H3,(H2,18,19,20);1H. The fourth-order valence-corrected chi connectivity index (χ4v) is 3.04. The van der Waals surface area contributed by atoms with Gasteiger partial charge < -0.3 is 20.0 Å². The van der Waals surface area contributed by atoms with E-state index in [0.717, 1.165) is 24.0 Å². The zero-order chi connectivity index (χ0) is 15.9. The lowest BCUT2D eigenvalue weighted by atomic mass is 10.1. The number of likely N-dealkylation sites (tertiary alicyclic amines) is 1. The van der Waals surface area contributed by atoms with Crippen molar-refractivity contribution in [2.24, 2.45) is 4.99 Å². The van der Waals surface area contributed by atoms with Gasteiger partial charge >= 0.3 is 0 Å². The summed E-state index contributed by atoms with van der Waals surface area (Å²) in [5.74, 6) is 2.82. The molecule has 2 rings (SSSR count). The lowest BCUT2D eigenvalue weighted by molar-refractivity contribution is 0.206. The number of aryl methyl sites for hydroxylation is 2. The van der Waals surface area contributed by atoms with Crippen LogP contribution in [0.3, 0.4) is 0 Å². The topological polar surface area (TPSA) is 52.8 Å². The first kappa shape index (κ1) is 20.3. The number of rotatable bonds is 5. The summed E-state index contributed by atoms with van der Waals surface area (Å²) in [4.78, 5) is 6.89. The normalized spacial score (nSPS) is 17.0. The number of furan rings is 1. The molecule has 0 saturated carbocycles. The van der Waals surface area contributed by atoms with Crippen molar-refractivity contribution in [3.63, 3.8) is 0 Å². The Bertz CT molecular complexity index is 493. The highest BCUT2D eigenvalue weighted by Gasteiger charge is 2.19. The minimum Gasteiger partial charge on any atom is -0.466 e. The van der Waals surface area contributed by atoms with Gasteiger partial charge in [-0.3, -0.25) is 4.99 Å². The number of halogens is 1. The smallest absolute Gasteiger partial charge is 0.191 e. The Morgan fingerprint density at radius 1 is 1.35 bits per heavy atom. The Morgan fingerprint density at radius 2 is 2.04 bits per heavy atom. The van der Waals surface area contributed by atoms with E-state index in [1.54, 1.807) is 0 Å². The van der Waals surface area contributed by atoms with Crippen molar-refractivity contribution in [2.45, 2.75) is 52.6 Å². The predicted molar refractivity (Wildman–Crippen MR) is 107 cm³/mol. The molecule has 1 aliphatic heterocycles. The van der Waals surface area contributed by atoms with Crippen molar-refractivity contribution in [1.29, 1.82) is 0 Å². The molecule has 1 aromatic heterocycles. The third-order valence-corrected chi connectivity index (χ3v) is 4.28. The first-order valence-corrected chi connectivity index (χ1v) is 8.37. The van der Waals surface area contributed by atoms with Crippen molar-refractivity contribution >= 4 is 29.9 Å². The molecule has 0 aliphatic carbocycles. The van der Waals surface area contributed by atoms with E-state index in [2.05, 4.69) is 33.5 Å². The Morgan fingerprint density at radius 3 is 2.57 bits per heavy atom. The van der Waals surface area contributed by atoms with Gasteiger partial charge in [-0.2, -0.15) is 0 Å². The molecule has 1 fully saturated rings. The van der Waals surface area contributed by atoms with Crippen molar-refractivity contribution in [1.82, 2.24) is 15.5 Å². The number of hydrogen-bond acceptors (Lipinski definition) is 3. The Kier molecular flexibility index (Phi) is 8.98. The van der Waals surface area contributed by atoms with E-state index in [9.17, 15) is 0 Å². The molecule has 5 nitrogen and oxygen atoms in total. The number of aliphatic imine (C=N–C) groups is 1. The summed E-state index contributed by atoms with van der Waals surface area (Å²) in [6.07, 6.45) is 3.61. The monoisotopic (exact) mass is 434 g/mol. The summed E-state index contributed by atoms with van der Waals surface area (Å²) in [7, 11) is 1.83. The molecular formula is C17H31IN4O. The van der Waals surface area contributed by atoms with Gasteiger partial charge in [0.1, 0.15) is 11.5 Å². The van der Waals surface area contributed by atoms with E-state index >= 15 is 0 Å². The fraction of sp³-hybridized carbons (Fsp3) is 0.706. The molecule has 0 aromatic carbocycles. The highest BCUT2D eigenvalue weighted by molar-refractivity contribution is 14.0. The number of nitrogens with zero attached hydrogens (tertiary/aromatic N) is 2. The summed E-state index contributed by atoms with van der Waals surface area (Å²) >= 11 is 0. The van der Waals surface area contributed by atoms with Crippen LogP contribution in [0.15, 0.2) is 15.5 Å². The number of nitrogens with one attached hydrogen (secondary N) is 2. The van der Waals surface area contributed by atoms with Crippen LogP contribution in [0.5, 0.6) is 0 Å². The highest BCUT2D eigenvalue weighted by Crippen LogP contribution is 2.13. The van der Waals surface area contributed by atoms with Crippen LogP contribution in [0.4, 0.5) is 0 Å². The average molecular weight is 434 g/mol. The van der Waals surface area contributed by atoms with Gasteiger partial charge in [-0.25, -0.2) is 0 Å². The lowest BCUT2D eigenvalue weighted by Gasteiger charge is -2.32. The van der Waals surface area contributed by atoms with Crippen LogP contribution in [-0.4, -0.2) is 43.6 Å². The molecule has 0 radical (unpaired) electrons. The molecule has 2 heterocycles. The molecule has 0 spiro atoms. The zero-order valence-corrected chi connectivity index (χ0v) is 17.1. The summed E-state index contributed by atoms with van der Waals surface area (Å²) < 4.78 is 5.56. The van der Waals surface area contributed by atoms with E-state index in [1.807, 2.05) is 20.9 Å². The molecule has 1 aromatic rings. The number of hydrogen-bond donors (Lipinski definition) is 2. The van der Waals surface area contributed by atoms with E-state index in [-0.39, 0.29) is 24.0 Å². The quantitative estimate of drug-likeness (QED) is 0.425. The molecule has 0 unspecified atom stereocenters. The van der Waals surface area contributed by atoms with E-state index < -0.39 is 0 Å². The fourth-order valence-electron chi connectivity index (χ4n) is 3.04. The SMILES string of the molecule is CCCN1CCC(NC(=NC)NCc2cc(C)oc2C)CC1.I. The third kappa shape index (κ3) is 6.33. The van der Waals surface area contributed by atoms with Crippen molar-refractivity contribution in [2.75, 3.05) is 26.7 Å². The second-order valence-corrected chi connectivity index (χ2v) is 6.12. The maximum atomic E-state index is 5.56. The highest BCUT2D eigenvalue weighted by atomic mass is 127. The van der Waals surface area contributed by atoms with E-state index in [4.69, 9.17) is 4.42 Å². The van der Waals surface area contributed by atoms with Crippen molar-refractivity contribution < 1.29 is 4.42 Å². The second-order valence-electron chi connectivity index (χ2n) is 6.12. The molecule has 0 amide bonds. The Balaban J connectivity index is 0.00000264. The summed E-state index contributed by atoms with van der Waals surface area (Å²) in [5, 5.41) is 6.94. The largest absolute Gasteiger partial charge is 0.466 e. The van der Waals surface area contributed by atoms with Crippen LogP contribution in [-0.2, 0) is 6.54 Å². The molecule has 23 heavy (non-hydrogen) atoms. The van der Waals surface area contributed by atoms with Crippen LogP contribution in [0, 0.1) is 13.8 Å². The van der Waals surface area contributed by atoms with Gasteiger partial charge in [0.05, 0.1) is 0 Å². The third-order valence-electron chi connectivity index (χ3n) is 4.28. The Hall–Kier alpha value is -0.760. The summed E-state index contributed by atoms with van der Waals surface area (Å²) in [5.41, 5.74) is 1.19. The first-order valence-electron chi connectivity index (χ1n) is 8.37. The molecular weight excluding hydrogens is 403 g/mol. The van der Waals surface area contributed by atoms with Gasteiger partial charge in [0.25, 0.3) is 0 Å². The van der Waals surface area contributed by atoms with E-state index in [0.29, 0.717) is 6.04 Å². The van der Waals surface area contributed by atoms with Crippen LogP contribution in [0.1, 0.15) is 43.3 Å². The van der Waals surface area contributed by atoms with Gasteiger partial charge in [0, 0.05) is 38.3 Å². The Labute approximate surface area is 157 Å². The second kappa shape index (κ2) is 10.2. The van der Waals surface area contributed by atoms with Crippen LogP contribution in [0.2, 0.25) is 0 Å². The minimum atomic E-state index is 0. The molecule has 6 heteroatoms. The first-order chi connectivity index (χ1) is 10.6. The molecule has 1 aliphatic rings. The zero-order valence-electron chi connectivity index (χ0n) is 14.8. The molecule has 1 saturated heterocycles.